The summed E-state index contributed by atoms with van der Waals surface area (Å²) >= 11 is 2.89. The van der Waals surface area contributed by atoms with E-state index in [2.05, 4.69) is 29.4 Å². The number of amides is 1. The Kier molecular flexibility index (Phi) is 8.58. The lowest BCUT2D eigenvalue weighted by Crippen LogP contribution is -2.21. The fraction of sp³-hybridized carbons (Fsp3) is 0.250. The maximum atomic E-state index is 12.2. The number of nitrogens with one attached hydrogen (secondary N) is 1. The zero-order valence-corrected chi connectivity index (χ0v) is 19.6. The fourth-order valence-corrected chi connectivity index (χ4v) is 4.03. The molecule has 1 amide bonds. The van der Waals surface area contributed by atoms with Gasteiger partial charge in [0.25, 0.3) is 5.91 Å². The van der Waals surface area contributed by atoms with Crippen LogP contribution in [0.3, 0.4) is 0 Å². The average Bonchev–Trinajstić information content (AvgIpc) is 3.29. The Morgan fingerprint density at radius 1 is 1.03 bits per heavy atom. The monoisotopic (exact) mass is 468 g/mol. The molecule has 6 nitrogen and oxygen atoms in total. The van der Waals surface area contributed by atoms with Crippen molar-refractivity contribution in [3.63, 3.8) is 0 Å². The highest BCUT2D eigenvalue weighted by Crippen LogP contribution is 2.25. The number of hydrogen-bond donors (Lipinski definition) is 1. The molecule has 3 aromatic rings. The summed E-state index contributed by atoms with van der Waals surface area (Å²) in [7, 11) is 0. The lowest BCUT2D eigenvalue weighted by Gasteiger charge is -2.05. The molecule has 1 N–H and O–H groups in total. The zero-order chi connectivity index (χ0) is 22.9. The summed E-state index contributed by atoms with van der Waals surface area (Å²) < 4.78 is 4.99. The number of ketones is 1. The number of thiazole rings is 1. The third-order valence-corrected chi connectivity index (χ3v) is 6.24. The molecule has 0 unspecified atom stereocenters. The number of carbonyl (C=O) groups is 3. The van der Waals surface area contributed by atoms with E-state index in [1.807, 2.05) is 35.9 Å². The van der Waals surface area contributed by atoms with E-state index in [0.717, 1.165) is 22.6 Å². The van der Waals surface area contributed by atoms with E-state index in [9.17, 15) is 14.4 Å². The van der Waals surface area contributed by atoms with E-state index in [0.29, 0.717) is 10.7 Å². The second-order valence-electron chi connectivity index (χ2n) is 6.95. The second-order valence-corrected chi connectivity index (χ2v) is 8.69. The van der Waals surface area contributed by atoms with Crippen molar-refractivity contribution in [2.45, 2.75) is 31.1 Å². The number of thioether (sulfide) groups is 1. The maximum Gasteiger partial charge on any atom is 0.306 e. The van der Waals surface area contributed by atoms with E-state index < -0.39 is 18.5 Å². The Labute approximate surface area is 195 Å². The van der Waals surface area contributed by atoms with Crippen LogP contribution >= 0.6 is 23.1 Å². The molecule has 8 heteroatoms. The Hall–Kier alpha value is -2.97. The van der Waals surface area contributed by atoms with Crippen molar-refractivity contribution >= 4 is 45.9 Å². The van der Waals surface area contributed by atoms with Gasteiger partial charge < -0.3 is 4.74 Å². The summed E-state index contributed by atoms with van der Waals surface area (Å²) in [5, 5.41) is 4.93. The predicted octanol–water partition coefficient (Wildman–Crippen LogP) is 5.24. The number of ether oxygens (including phenoxy) is 1. The number of Topliss-reactive ketones (excluding diaryl/α,β-unsaturated/α-hetero) is 1. The first-order chi connectivity index (χ1) is 15.5. The molecular formula is C24H24N2O4S2. The van der Waals surface area contributed by atoms with Crippen molar-refractivity contribution in [1.82, 2.24) is 4.98 Å². The smallest absolute Gasteiger partial charge is 0.306 e. The van der Waals surface area contributed by atoms with Crippen LogP contribution in [-0.4, -0.2) is 35.5 Å². The molecule has 0 aliphatic rings. The van der Waals surface area contributed by atoms with Crippen LogP contribution in [0.25, 0.3) is 11.3 Å². The highest BCUT2D eigenvalue weighted by atomic mass is 32.2. The SMILES string of the molecule is CCc1ccc(-c2csc(NC(=O)COC(=O)CCC(=O)c3ccc(SC)cc3)n2)cc1. The van der Waals surface area contributed by atoms with Crippen molar-refractivity contribution in [3.8, 4) is 11.3 Å². The largest absolute Gasteiger partial charge is 0.456 e. The van der Waals surface area contributed by atoms with Gasteiger partial charge in [-0.05, 0) is 30.4 Å². The Morgan fingerprint density at radius 3 is 2.41 bits per heavy atom. The lowest BCUT2D eigenvalue weighted by molar-refractivity contribution is -0.147. The molecule has 0 radical (unpaired) electrons. The van der Waals surface area contributed by atoms with Crippen molar-refractivity contribution in [2.24, 2.45) is 0 Å². The molecule has 0 spiro atoms. The Morgan fingerprint density at radius 2 is 1.75 bits per heavy atom. The molecule has 3 rings (SSSR count). The first kappa shape index (κ1) is 23.7. The van der Waals surface area contributed by atoms with Crippen LogP contribution in [0.4, 0.5) is 5.13 Å². The summed E-state index contributed by atoms with van der Waals surface area (Å²) in [5.41, 5.74) is 3.54. The van der Waals surface area contributed by atoms with Crippen molar-refractivity contribution < 1.29 is 19.1 Å². The molecule has 0 bridgehead atoms. The van der Waals surface area contributed by atoms with Crippen LogP contribution in [0.15, 0.2) is 58.8 Å². The van der Waals surface area contributed by atoms with Gasteiger partial charge in [-0.2, -0.15) is 0 Å². The van der Waals surface area contributed by atoms with E-state index in [4.69, 9.17) is 4.74 Å². The minimum atomic E-state index is -0.593. The maximum absolute atomic E-state index is 12.2. The molecule has 1 aromatic heterocycles. The molecule has 1 heterocycles. The topological polar surface area (TPSA) is 85.4 Å². The van der Waals surface area contributed by atoms with E-state index in [-0.39, 0.29) is 18.6 Å². The lowest BCUT2D eigenvalue weighted by atomic mass is 10.1. The number of esters is 1. The highest BCUT2D eigenvalue weighted by molar-refractivity contribution is 7.98. The molecule has 0 fully saturated rings. The first-order valence-electron chi connectivity index (χ1n) is 10.2. The van der Waals surface area contributed by atoms with E-state index in [1.54, 1.807) is 23.9 Å². The number of hydrogen-bond acceptors (Lipinski definition) is 7. The quantitative estimate of drug-likeness (QED) is 0.249. The van der Waals surface area contributed by atoms with Gasteiger partial charge in [-0.15, -0.1) is 23.1 Å². The summed E-state index contributed by atoms with van der Waals surface area (Å²) in [6.07, 6.45) is 2.88. The standard InChI is InChI=1S/C24H24N2O4S2/c1-3-16-4-6-17(7-5-16)20-15-32-24(25-20)26-22(28)14-30-23(29)13-12-21(27)18-8-10-19(31-2)11-9-18/h4-11,15H,3,12-14H2,1-2H3,(H,25,26,28). The number of anilines is 1. The van der Waals surface area contributed by atoms with Crippen LogP contribution in [0.1, 0.15) is 35.7 Å². The van der Waals surface area contributed by atoms with Gasteiger partial charge in [-0.1, -0.05) is 43.3 Å². The minimum Gasteiger partial charge on any atom is -0.456 e. The normalized spacial score (nSPS) is 10.6. The summed E-state index contributed by atoms with van der Waals surface area (Å²) in [6.45, 7) is 1.68. The van der Waals surface area contributed by atoms with Crippen molar-refractivity contribution in [3.05, 3.63) is 65.0 Å². The number of benzene rings is 2. The van der Waals surface area contributed by atoms with Gasteiger partial charge in [0.2, 0.25) is 0 Å². The van der Waals surface area contributed by atoms with Gasteiger partial charge >= 0.3 is 5.97 Å². The first-order valence-corrected chi connectivity index (χ1v) is 12.3. The summed E-state index contributed by atoms with van der Waals surface area (Å²) in [4.78, 5) is 41.6. The zero-order valence-electron chi connectivity index (χ0n) is 17.9. The third-order valence-electron chi connectivity index (χ3n) is 4.74. The van der Waals surface area contributed by atoms with Crippen LogP contribution in [0.2, 0.25) is 0 Å². The molecule has 0 saturated heterocycles. The van der Waals surface area contributed by atoms with Gasteiger partial charge in [0, 0.05) is 27.8 Å². The molecule has 0 aliphatic carbocycles. The van der Waals surface area contributed by atoms with Gasteiger partial charge in [-0.3, -0.25) is 19.7 Å². The third kappa shape index (κ3) is 6.77. The molecule has 0 atom stereocenters. The van der Waals surface area contributed by atoms with Crippen molar-refractivity contribution in [2.75, 3.05) is 18.2 Å². The summed E-state index contributed by atoms with van der Waals surface area (Å²) in [5.74, 6) is -1.20. The fourth-order valence-electron chi connectivity index (χ4n) is 2.89. The Bertz CT molecular complexity index is 1080. The summed E-state index contributed by atoms with van der Waals surface area (Å²) in [6, 6.07) is 15.3. The van der Waals surface area contributed by atoms with Crippen LogP contribution in [-0.2, 0) is 20.7 Å². The molecule has 32 heavy (non-hydrogen) atoms. The number of nitrogens with zero attached hydrogens (tertiary/aromatic N) is 1. The number of rotatable bonds is 10. The van der Waals surface area contributed by atoms with Gasteiger partial charge in [-0.25, -0.2) is 4.98 Å². The van der Waals surface area contributed by atoms with E-state index in [1.165, 1.54) is 16.9 Å². The van der Waals surface area contributed by atoms with Crippen LogP contribution < -0.4 is 5.32 Å². The van der Waals surface area contributed by atoms with Crippen molar-refractivity contribution in [1.29, 1.82) is 0 Å². The van der Waals surface area contributed by atoms with Gasteiger partial charge in [0.1, 0.15) is 0 Å². The average molecular weight is 469 g/mol. The molecule has 0 saturated carbocycles. The van der Waals surface area contributed by atoms with Gasteiger partial charge in [0.05, 0.1) is 12.1 Å². The molecule has 166 valence electrons. The second kappa shape index (κ2) is 11.6. The van der Waals surface area contributed by atoms with Gasteiger partial charge in [0.15, 0.2) is 17.5 Å². The minimum absolute atomic E-state index is 0.0335. The number of aromatic nitrogens is 1. The molecule has 0 aliphatic heterocycles. The predicted molar refractivity (Wildman–Crippen MR) is 128 cm³/mol. The van der Waals surface area contributed by atoms with Crippen LogP contribution in [0.5, 0.6) is 0 Å². The highest BCUT2D eigenvalue weighted by Gasteiger charge is 2.13. The molecular weight excluding hydrogens is 444 g/mol. The van der Waals surface area contributed by atoms with Crippen LogP contribution in [0, 0.1) is 0 Å². The number of aryl methyl sites for hydroxylation is 1. The Balaban J connectivity index is 1.41. The molecule has 2 aromatic carbocycles. The van der Waals surface area contributed by atoms with E-state index >= 15 is 0 Å². The number of carbonyl (C=O) groups excluding carboxylic acids is 3.